The first kappa shape index (κ1) is 19.4. The number of carboxylic acid groups (broad SMARTS) is 1. The van der Waals surface area contributed by atoms with Crippen LogP contribution in [0.4, 0.5) is 5.69 Å². The fraction of sp³-hybridized carbons (Fsp3) is 0.211. The standard InChI is InChI=1S/C19H13Cl2N3O5/c20-11-4-5-22-7-10(11)8-24-14(25)6-19(18(24)29)16-12(21)2-1-3-13(16)23(17(19)28)9-15(26)27/h1-5,7H,6,8-9H2,(H,26,27). The number of carbonyl (C=O) groups is 4. The predicted molar refractivity (Wildman–Crippen MR) is 103 cm³/mol. The Balaban J connectivity index is 1.81. The van der Waals surface area contributed by atoms with Crippen LogP contribution >= 0.6 is 23.2 Å². The van der Waals surface area contributed by atoms with Crippen LogP contribution in [0.5, 0.6) is 0 Å². The highest BCUT2D eigenvalue weighted by Gasteiger charge is 2.64. The number of aliphatic carboxylic acids is 1. The monoisotopic (exact) mass is 433 g/mol. The van der Waals surface area contributed by atoms with E-state index >= 15 is 0 Å². The Kier molecular flexibility index (Phi) is 4.55. The van der Waals surface area contributed by atoms with E-state index in [9.17, 15) is 24.3 Å². The Morgan fingerprint density at radius 2 is 1.83 bits per heavy atom. The molecule has 1 atom stereocenters. The number of benzene rings is 1. The van der Waals surface area contributed by atoms with Crippen LogP contribution < -0.4 is 4.90 Å². The average molecular weight is 434 g/mol. The summed E-state index contributed by atoms with van der Waals surface area (Å²) in [4.78, 5) is 56.6. The summed E-state index contributed by atoms with van der Waals surface area (Å²) in [5.41, 5.74) is -1.06. The van der Waals surface area contributed by atoms with Gasteiger partial charge in [-0.3, -0.25) is 34.0 Å². The summed E-state index contributed by atoms with van der Waals surface area (Å²) in [6.07, 6.45) is 2.47. The molecule has 0 bridgehead atoms. The summed E-state index contributed by atoms with van der Waals surface area (Å²) in [7, 11) is 0. The maximum Gasteiger partial charge on any atom is 0.323 e. The fourth-order valence-electron chi connectivity index (χ4n) is 3.86. The minimum atomic E-state index is -1.88. The number of likely N-dealkylation sites (tertiary alicyclic amines) is 1. The van der Waals surface area contributed by atoms with Gasteiger partial charge in [-0.05, 0) is 18.2 Å². The van der Waals surface area contributed by atoms with E-state index in [0.29, 0.717) is 10.6 Å². The van der Waals surface area contributed by atoms with Crippen molar-refractivity contribution in [2.75, 3.05) is 11.4 Å². The Bertz CT molecular complexity index is 1090. The van der Waals surface area contributed by atoms with E-state index in [1.54, 1.807) is 6.07 Å². The molecule has 148 valence electrons. The van der Waals surface area contributed by atoms with Gasteiger partial charge in [0.1, 0.15) is 6.54 Å². The minimum Gasteiger partial charge on any atom is -0.480 e. The number of carbonyl (C=O) groups excluding carboxylic acids is 3. The molecule has 0 saturated carbocycles. The number of nitrogens with zero attached hydrogens (tertiary/aromatic N) is 3. The number of hydrogen-bond donors (Lipinski definition) is 1. The van der Waals surface area contributed by atoms with Gasteiger partial charge in [0.05, 0.1) is 18.7 Å². The third kappa shape index (κ3) is 2.79. The van der Waals surface area contributed by atoms with E-state index in [2.05, 4.69) is 4.98 Å². The highest BCUT2D eigenvalue weighted by Crippen LogP contribution is 2.51. The molecule has 0 radical (unpaired) electrons. The van der Waals surface area contributed by atoms with E-state index < -0.39 is 42.1 Å². The van der Waals surface area contributed by atoms with Crippen molar-refractivity contribution in [2.24, 2.45) is 0 Å². The zero-order valence-electron chi connectivity index (χ0n) is 14.8. The molecular weight excluding hydrogens is 421 g/mol. The highest BCUT2D eigenvalue weighted by atomic mass is 35.5. The summed E-state index contributed by atoms with van der Waals surface area (Å²) >= 11 is 12.4. The highest BCUT2D eigenvalue weighted by molar-refractivity contribution is 6.37. The summed E-state index contributed by atoms with van der Waals surface area (Å²) in [5.74, 6) is -3.36. The van der Waals surface area contributed by atoms with Crippen LogP contribution in [0, 0.1) is 0 Å². The van der Waals surface area contributed by atoms with Gasteiger partial charge in [-0.1, -0.05) is 29.3 Å². The second-order valence-electron chi connectivity index (χ2n) is 6.75. The van der Waals surface area contributed by atoms with Crippen LogP contribution in [-0.4, -0.2) is 45.2 Å². The Morgan fingerprint density at radius 1 is 1.10 bits per heavy atom. The molecule has 0 aliphatic carbocycles. The van der Waals surface area contributed by atoms with Gasteiger partial charge in [0, 0.05) is 33.6 Å². The molecule has 1 N–H and O–H groups in total. The van der Waals surface area contributed by atoms with E-state index in [1.807, 2.05) is 0 Å². The first-order valence-corrected chi connectivity index (χ1v) is 9.29. The smallest absolute Gasteiger partial charge is 0.323 e. The van der Waals surface area contributed by atoms with Gasteiger partial charge >= 0.3 is 5.97 Å². The van der Waals surface area contributed by atoms with Crippen molar-refractivity contribution < 1.29 is 24.3 Å². The molecular formula is C19H13Cl2N3O5. The quantitative estimate of drug-likeness (QED) is 0.583. The largest absolute Gasteiger partial charge is 0.480 e. The van der Waals surface area contributed by atoms with E-state index in [4.69, 9.17) is 23.2 Å². The zero-order chi connectivity index (χ0) is 20.9. The molecule has 4 rings (SSSR count). The summed E-state index contributed by atoms with van der Waals surface area (Å²) in [6, 6.07) is 6.09. The van der Waals surface area contributed by atoms with Gasteiger partial charge in [0.2, 0.25) is 17.7 Å². The molecule has 2 aliphatic rings. The maximum absolute atomic E-state index is 13.4. The van der Waals surface area contributed by atoms with E-state index in [1.165, 1.54) is 30.6 Å². The molecule has 3 amide bonds. The number of imide groups is 1. The molecule has 10 heteroatoms. The van der Waals surface area contributed by atoms with Crippen LogP contribution in [-0.2, 0) is 31.1 Å². The van der Waals surface area contributed by atoms with Crippen molar-refractivity contribution >= 4 is 52.6 Å². The Labute approximate surface area is 174 Å². The lowest BCUT2D eigenvalue weighted by Gasteiger charge is -2.22. The van der Waals surface area contributed by atoms with Gasteiger partial charge in [0.15, 0.2) is 5.41 Å². The topological polar surface area (TPSA) is 108 Å². The zero-order valence-corrected chi connectivity index (χ0v) is 16.3. The van der Waals surface area contributed by atoms with Gasteiger partial charge in [0.25, 0.3) is 0 Å². The molecule has 1 aromatic heterocycles. The minimum absolute atomic E-state index is 0.117. The van der Waals surface area contributed by atoms with Gasteiger partial charge in [-0.25, -0.2) is 0 Å². The number of pyridine rings is 1. The molecule has 1 fully saturated rings. The molecule has 29 heavy (non-hydrogen) atoms. The first-order chi connectivity index (χ1) is 13.8. The predicted octanol–water partition coefficient (Wildman–Crippen LogP) is 2.02. The Morgan fingerprint density at radius 3 is 2.52 bits per heavy atom. The van der Waals surface area contributed by atoms with Crippen molar-refractivity contribution in [3.8, 4) is 0 Å². The van der Waals surface area contributed by atoms with Crippen LogP contribution in [0.25, 0.3) is 0 Å². The van der Waals surface area contributed by atoms with E-state index in [0.717, 1.165) is 9.80 Å². The third-order valence-corrected chi connectivity index (χ3v) is 5.80. The number of fused-ring (bicyclic) bond motifs is 2. The van der Waals surface area contributed by atoms with Crippen LogP contribution in [0.2, 0.25) is 10.0 Å². The number of hydrogen-bond acceptors (Lipinski definition) is 5. The lowest BCUT2D eigenvalue weighted by atomic mass is 9.80. The number of halogens is 2. The SMILES string of the molecule is O=C(O)CN1C(=O)C2(CC(=O)N(Cc3cnccc3Cl)C2=O)c2c(Cl)cccc21. The van der Waals surface area contributed by atoms with Crippen molar-refractivity contribution in [2.45, 2.75) is 18.4 Å². The summed E-state index contributed by atoms with van der Waals surface area (Å²) < 4.78 is 0. The van der Waals surface area contributed by atoms with Gasteiger partial charge < -0.3 is 5.11 Å². The molecule has 1 aromatic carbocycles. The molecule has 2 aromatic rings. The number of anilines is 1. The summed E-state index contributed by atoms with van der Waals surface area (Å²) in [5, 5.41) is 9.64. The normalized spacial score (nSPS) is 20.7. The van der Waals surface area contributed by atoms with Crippen LogP contribution in [0.3, 0.4) is 0 Å². The second kappa shape index (κ2) is 6.82. The number of amides is 3. The number of aromatic nitrogens is 1. The van der Waals surface area contributed by atoms with Crippen molar-refractivity contribution in [1.82, 2.24) is 9.88 Å². The molecule has 1 saturated heterocycles. The van der Waals surface area contributed by atoms with Crippen molar-refractivity contribution in [1.29, 1.82) is 0 Å². The van der Waals surface area contributed by atoms with Gasteiger partial charge in [-0.2, -0.15) is 0 Å². The maximum atomic E-state index is 13.4. The van der Waals surface area contributed by atoms with Gasteiger partial charge in [-0.15, -0.1) is 0 Å². The van der Waals surface area contributed by atoms with Crippen LogP contribution in [0.1, 0.15) is 17.5 Å². The lowest BCUT2D eigenvalue weighted by Crippen LogP contribution is -2.47. The third-order valence-electron chi connectivity index (χ3n) is 5.11. The number of rotatable bonds is 4. The van der Waals surface area contributed by atoms with Crippen molar-refractivity contribution in [3.63, 3.8) is 0 Å². The number of carboxylic acids is 1. The van der Waals surface area contributed by atoms with E-state index in [-0.39, 0.29) is 22.8 Å². The molecule has 3 heterocycles. The molecule has 2 aliphatic heterocycles. The average Bonchev–Trinajstić information content (AvgIpc) is 3.05. The summed E-state index contributed by atoms with van der Waals surface area (Å²) in [6.45, 7) is -0.804. The van der Waals surface area contributed by atoms with Crippen molar-refractivity contribution in [3.05, 3.63) is 57.8 Å². The fourth-order valence-corrected chi connectivity index (χ4v) is 4.36. The molecule has 1 spiro atoms. The lowest BCUT2D eigenvalue weighted by molar-refractivity contribution is -0.143. The van der Waals surface area contributed by atoms with Crippen LogP contribution in [0.15, 0.2) is 36.7 Å². The molecule has 1 unspecified atom stereocenters. The Hall–Kier alpha value is -2.97. The first-order valence-electron chi connectivity index (χ1n) is 8.53. The molecule has 8 nitrogen and oxygen atoms in total. The second-order valence-corrected chi connectivity index (χ2v) is 7.57.